The Hall–Kier alpha value is 0.270. The van der Waals surface area contributed by atoms with Gasteiger partial charge in [0, 0.05) is 25.6 Å². The molecule has 1 rings (SSSR count). The summed E-state index contributed by atoms with van der Waals surface area (Å²) in [6.45, 7) is 7.69. The molecule has 1 heterocycles. The zero-order chi connectivity index (χ0) is 8.81. The van der Waals surface area contributed by atoms with Crippen molar-refractivity contribution in [1.29, 1.82) is 0 Å². The van der Waals surface area contributed by atoms with Crippen LogP contribution in [-0.2, 0) is 4.74 Å². The summed E-state index contributed by atoms with van der Waals surface area (Å²) in [5, 5.41) is 0. The Bertz CT molecular complexity index is 115. The van der Waals surface area contributed by atoms with E-state index < -0.39 is 0 Å². The van der Waals surface area contributed by atoms with Crippen molar-refractivity contribution in [2.24, 2.45) is 5.92 Å². The Labute approximate surface area is 80.7 Å². The summed E-state index contributed by atoms with van der Waals surface area (Å²) >= 11 is 4.12. The van der Waals surface area contributed by atoms with Crippen molar-refractivity contribution in [2.45, 2.75) is 13.3 Å². The van der Waals surface area contributed by atoms with Crippen LogP contribution in [0.5, 0.6) is 0 Å². The fraction of sp³-hybridized carbons (Fsp3) is 1.00. The van der Waals surface area contributed by atoms with E-state index in [-0.39, 0.29) is 0 Å². The maximum absolute atomic E-state index is 5.50. The lowest BCUT2D eigenvalue weighted by Gasteiger charge is -2.38. The van der Waals surface area contributed by atoms with Gasteiger partial charge in [0.15, 0.2) is 0 Å². The van der Waals surface area contributed by atoms with Crippen LogP contribution < -0.4 is 0 Å². The molecular weight excluding hydrogens is 170 g/mol. The minimum Gasteiger partial charge on any atom is -0.381 e. The topological polar surface area (TPSA) is 12.5 Å². The van der Waals surface area contributed by atoms with Crippen LogP contribution in [0.25, 0.3) is 0 Å². The van der Waals surface area contributed by atoms with Gasteiger partial charge in [0.2, 0.25) is 0 Å². The quantitative estimate of drug-likeness (QED) is 0.499. The number of thiol groups is 1. The van der Waals surface area contributed by atoms with E-state index in [1.165, 1.54) is 19.6 Å². The fourth-order valence-corrected chi connectivity index (χ4v) is 1.59. The zero-order valence-electron chi connectivity index (χ0n) is 7.83. The van der Waals surface area contributed by atoms with Gasteiger partial charge >= 0.3 is 0 Å². The van der Waals surface area contributed by atoms with Gasteiger partial charge in [-0.05, 0) is 18.7 Å². The molecule has 1 aliphatic heterocycles. The van der Waals surface area contributed by atoms with Crippen molar-refractivity contribution in [1.82, 2.24) is 4.90 Å². The second-order valence-electron chi connectivity index (χ2n) is 3.37. The second kappa shape index (κ2) is 5.84. The van der Waals surface area contributed by atoms with Gasteiger partial charge in [0.25, 0.3) is 0 Å². The molecule has 0 aromatic heterocycles. The van der Waals surface area contributed by atoms with Gasteiger partial charge in [-0.1, -0.05) is 6.92 Å². The molecule has 0 N–H and O–H groups in total. The van der Waals surface area contributed by atoms with Crippen LogP contribution in [0.3, 0.4) is 0 Å². The monoisotopic (exact) mass is 189 g/mol. The Morgan fingerprint density at radius 3 is 2.83 bits per heavy atom. The van der Waals surface area contributed by atoms with Crippen LogP contribution in [0.15, 0.2) is 0 Å². The van der Waals surface area contributed by atoms with Crippen molar-refractivity contribution in [3.05, 3.63) is 0 Å². The van der Waals surface area contributed by atoms with Gasteiger partial charge in [-0.2, -0.15) is 12.6 Å². The number of nitrogens with zero attached hydrogens (tertiary/aromatic N) is 1. The van der Waals surface area contributed by atoms with E-state index >= 15 is 0 Å². The molecule has 1 fully saturated rings. The second-order valence-corrected chi connectivity index (χ2v) is 3.82. The predicted molar refractivity (Wildman–Crippen MR) is 54.9 cm³/mol. The van der Waals surface area contributed by atoms with E-state index in [2.05, 4.69) is 24.5 Å². The van der Waals surface area contributed by atoms with Gasteiger partial charge in [-0.25, -0.2) is 0 Å². The minimum atomic E-state index is 0.796. The first-order chi connectivity index (χ1) is 5.86. The number of likely N-dealkylation sites (tertiary alicyclic amines) is 1. The third-order valence-corrected chi connectivity index (χ3v) is 2.60. The van der Waals surface area contributed by atoms with Crippen LogP contribution >= 0.6 is 12.6 Å². The molecule has 0 aromatic rings. The lowest BCUT2D eigenvalue weighted by Crippen LogP contribution is -2.48. The van der Waals surface area contributed by atoms with Gasteiger partial charge in [-0.15, -0.1) is 0 Å². The molecule has 2 nitrogen and oxygen atoms in total. The summed E-state index contributed by atoms with van der Waals surface area (Å²) in [4.78, 5) is 2.44. The molecule has 12 heavy (non-hydrogen) atoms. The number of rotatable bonds is 6. The molecule has 0 saturated carbocycles. The molecule has 0 amide bonds. The van der Waals surface area contributed by atoms with Crippen LogP contribution in [0.2, 0.25) is 0 Å². The molecular formula is C9H19NOS. The van der Waals surface area contributed by atoms with E-state index in [1.54, 1.807) is 0 Å². The van der Waals surface area contributed by atoms with Gasteiger partial charge in [0.05, 0.1) is 6.61 Å². The molecule has 3 heteroatoms. The zero-order valence-corrected chi connectivity index (χ0v) is 8.72. The van der Waals surface area contributed by atoms with E-state index in [1.807, 2.05) is 0 Å². The first kappa shape index (κ1) is 10.4. The van der Waals surface area contributed by atoms with Crippen molar-refractivity contribution < 1.29 is 4.74 Å². The molecule has 1 saturated heterocycles. The van der Waals surface area contributed by atoms with E-state index in [0.717, 1.165) is 31.3 Å². The van der Waals surface area contributed by atoms with E-state index in [0.29, 0.717) is 0 Å². The fourth-order valence-electron chi connectivity index (χ4n) is 1.46. The number of hydrogen-bond acceptors (Lipinski definition) is 3. The summed E-state index contributed by atoms with van der Waals surface area (Å²) in [6, 6.07) is 0. The Morgan fingerprint density at radius 2 is 2.25 bits per heavy atom. The van der Waals surface area contributed by atoms with Crippen molar-refractivity contribution in [3.63, 3.8) is 0 Å². The van der Waals surface area contributed by atoms with Gasteiger partial charge in [-0.3, -0.25) is 0 Å². The van der Waals surface area contributed by atoms with Crippen molar-refractivity contribution in [2.75, 3.05) is 38.6 Å². The summed E-state index contributed by atoms with van der Waals surface area (Å²) in [6.07, 6.45) is 1.08. The average molecular weight is 189 g/mol. The molecule has 0 aliphatic carbocycles. The molecule has 0 atom stereocenters. The predicted octanol–water partition coefficient (Wildman–Crippen LogP) is 1.27. The maximum Gasteiger partial charge on any atom is 0.0518 e. The number of hydrogen-bond donors (Lipinski definition) is 1. The molecule has 0 radical (unpaired) electrons. The normalized spacial score (nSPS) is 19.5. The van der Waals surface area contributed by atoms with Crippen LogP contribution in [0.4, 0.5) is 0 Å². The maximum atomic E-state index is 5.50. The minimum absolute atomic E-state index is 0.796. The molecule has 0 bridgehead atoms. The Balaban J connectivity index is 1.83. The smallest absolute Gasteiger partial charge is 0.0518 e. The molecule has 1 aliphatic rings. The molecule has 0 spiro atoms. The van der Waals surface area contributed by atoms with Crippen molar-refractivity contribution in [3.8, 4) is 0 Å². The van der Waals surface area contributed by atoms with E-state index in [9.17, 15) is 0 Å². The Kier molecular flexibility index (Phi) is 5.04. The van der Waals surface area contributed by atoms with Crippen LogP contribution in [-0.4, -0.2) is 43.5 Å². The largest absolute Gasteiger partial charge is 0.381 e. The van der Waals surface area contributed by atoms with Crippen LogP contribution in [0, 0.1) is 5.92 Å². The lowest BCUT2D eigenvalue weighted by molar-refractivity contribution is 0.0180. The van der Waals surface area contributed by atoms with E-state index in [4.69, 9.17) is 4.74 Å². The first-order valence-electron chi connectivity index (χ1n) is 4.77. The van der Waals surface area contributed by atoms with Crippen molar-refractivity contribution >= 4 is 12.6 Å². The van der Waals surface area contributed by atoms with Crippen LogP contribution in [0.1, 0.15) is 13.3 Å². The van der Waals surface area contributed by atoms with Gasteiger partial charge < -0.3 is 9.64 Å². The third kappa shape index (κ3) is 3.33. The molecule has 0 unspecified atom stereocenters. The SMILES string of the molecule is CCN1CC(COCCCS)C1. The third-order valence-electron chi connectivity index (χ3n) is 2.28. The molecule has 0 aromatic carbocycles. The first-order valence-corrected chi connectivity index (χ1v) is 5.41. The Morgan fingerprint density at radius 1 is 1.50 bits per heavy atom. The lowest BCUT2D eigenvalue weighted by atomic mass is 10.0. The molecule has 72 valence electrons. The summed E-state index contributed by atoms with van der Waals surface area (Å²) in [5.41, 5.74) is 0. The summed E-state index contributed by atoms with van der Waals surface area (Å²) in [5.74, 6) is 1.73. The highest BCUT2D eigenvalue weighted by molar-refractivity contribution is 7.80. The average Bonchev–Trinajstić information content (AvgIpc) is 2.01. The standard InChI is InChI=1S/C9H19NOS/c1-2-10-6-9(7-10)8-11-4-3-5-12/h9,12H,2-8H2,1H3. The highest BCUT2D eigenvalue weighted by atomic mass is 32.1. The number of ether oxygens (including phenoxy) is 1. The highest BCUT2D eigenvalue weighted by Crippen LogP contribution is 2.14. The highest BCUT2D eigenvalue weighted by Gasteiger charge is 2.24. The summed E-state index contributed by atoms with van der Waals surface area (Å²) in [7, 11) is 0. The summed E-state index contributed by atoms with van der Waals surface area (Å²) < 4.78 is 5.50. The van der Waals surface area contributed by atoms with Gasteiger partial charge in [0.1, 0.15) is 0 Å².